The predicted molar refractivity (Wildman–Crippen MR) is 90.5 cm³/mol. The maximum atomic E-state index is 12.0. The van der Waals surface area contributed by atoms with Gasteiger partial charge in [-0.25, -0.2) is 9.97 Å². The quantitative estimate of drug-likeness (QED) is 0.777. The molecule has 0 bridgehead atoms. The summed E-state index contributed by atoms with van der Waals surface area (Å²) in [6.45, 7) is 1.91. The van der Waals surface area contributed by atoms with Crippen molar-refractivity contribution in [2.75, 3.05) is 5.32 Å². The van der Waals surface area contributed by atoms with Gasteiger partial charge in [-0.3, -0.25) is 4.79 Å². The maximum Gasteiger partial charge on any atom is 0.232 e. The zero-order chi connectivity index (χ0) is 15.4. The molecule has 0 atom stereocenters. The van der Waals surface area contributed by atoms with E-state index in [1.54, 1.807) is 11.3 Å². The number of benzene rings is 1. The van der Waals surface area contributed by atoms with Crippen LogP contribution in [0, 0.1) is 6.92 Å². The van der Waals surface area contributed by atoms with E-state index in [-0.39, 0.29) is 12.3 Å². The Labute approximate surface area is 136 Å². The average Bonchev–Trinajstić information content (AvgIpc) is 3.09. The summed E-state index contributed by atoms with van der Waals surface area (Å²) in [4.78, 5) is 20.7. The minimum atomic E-state index is -0.0779. The molecule has 2 aromatic heterocycles. The van der Waals surface area contributed by atoms with Crippen LogP contribution in [0.2, 0.25) is 0 Å². The van der Waals surface area contributed by atoms with Gasteiger partial charge in [0.15, 0.2) is 5.13 Å². The molecule has 4 nitrogen and oxygen atoms in total. The first-order chi connectivity index (χ1) is 10.7. The van der Waals surface area contributed by atoms with Gasteiger partial charge >= 0.3 is 0 Å². The third-order valence-corrected chi connectivity index (χ3v) is 4.78. The van der Waals surface area contributed by atoms with Crippen LogP contribution in [-0.2, 0) is 17.6 Å². The van der Waals surface area contributed by atoms with E-state index >= 15 is 0 Å². The van der Waals surface area contributed by atoms with E-state index in [4.69, 9.17) is 0 Å². The number of nitrogens with one attached hydrogen (secondary N) is 1. The van der Waals surface area contributed by atoms with E-state index < -0.39 is 0 Å². The first-order valence-corrected chi connectivity index (χ1v) is 8.64. The van der Waals surface area contributed by atoms with Crippen LogP contribution in [0.1, 0.15) is 22.0 Å². The Morgan fingerprint density at radius 3 is 2.68 bits per heavy atom. The highest BCUT2D eigenvalue weighted by molar-refractivity contribution is 7.13. The molecule has 0 aliphatic rings. The molecule has 0 radical (unpaired) electrons. The molecule has 22 heavy (non-hydrogen) atoms. The Morgan fingerprint density at radius 1 is 1.14 bits per heavy atom. The van der Waals surface area contributed by atoms with Crippen LogP contribution in [-0.4, -0.2) is 15.9 Å². The van der Waals surface area contributed by atoms with Gasteiger partial charge in [0.25, 0.3) is 0 Å². The number of carbonyl (C=O) groups excluding carboxylic acids is 1. The molecule has 0 saturated carbocycles. The van der Waals surface area contributed by atoms with Crippen LogP contribution >= 0.6 is 22.7 Å². The molecular weight excluding hydrogens is 314 g/mol. The van der Waals surface area contributed by atoms with Crippen molar-refractivity contribution in [1.29, 1.82) is 0 Å². The van der Waals surface area contributed by atoms with Gasteiger partial charge < -0.3 is 5.32 Å². The lowest BCUT2D eigenvalue weighted by Gasteiger charge is -1.99. The summed E-state index contributed by atoms with van der Waals surface area (Å²) in [6.07, 6.45) is 1.09. The molecule has 2 heterocycles. The molecule has 1 amide bonds. The summed E-state index contributed by atoms with van der Waals surface area (Å²) in [7, 11) is 0. The molecule has 3 rings (SSSR count). The van der Waals surface area contributed by atoms with E-state index in [0.717, 1.165) is 22.8 Å². The Bertz CT molecular complexity index is 765. The molecule has 112 valence electrons. The second kappa shape index (κ2) is 6.81. The van der Waals surface area contributed by atoms with Crippen molar-refractivity contribution in [2.45, 2.75) is 19.8 Å². The monoisotopic (exact) mass is 329 g/mol. The summed E-state index contributed by atoms with van der Waals surface area (Å²) < 4.78 is 0. The minimum Gasteiger partial charge on any atom is -0.302 e. The number of hydrogen-bond donors (Lipinski definition) is 1. The lowest BCUT2D eigenvalue weighted by Crippen LogP contribution is -2.14. The van der Waals surface area contributed by atoms with Crippen LogP contribution in [0.5, 0.6) is 0 Å². The number of thiazole rings is 2. The van der Waals surface area contributed by atoms with E-state index in [1.807, 2.05) is 35.9 Å². The fourth-order valence-electron chi connectivity index (χ4n) is 2.02. The molecule has 0 unspecified atom stereocenters. The number of hydrogen-bond acceptors (Lipinski definition) is 5. The fourth-order valence-corrected chi connectivity index (χ4v) is 3.55. The molecular formula is C16H15N3OS2. The second-order valence-electron chi connectivity index (χ2n) is 4.91. The Morgan fingerprint density at radius 2 is 1.95 bits per heavy atom. The fraction of sp³-hybridized carbons (Fsp3) is 0.188. The number of anilines is 1. The molecule has 3 aromatic rings. The average molecular weight is 329 g/mol. The van der Waals surface area contributed by atoms with Gasteiger partial charge in [-0.15, -0.1) is 22.7 Å². The molecule has 0 aliphatic heterocycles. The van der Waals surface area contributed by atoms with Crippen molar-refractivity contribution in [1.82, 2.24) is 9.97 Å². The van der Waals surface area contributed by atoms with Gasteiger partial charge in [0.05, 0.1) is 22.8 Å². The number of aryl methyl sites for hydroxylation is 1. The second-order valence-corrected chi connectivity index (χ2v) is 6.71. The van der Waals surface area contributed by atoms with Gasteiger partial charge in [-0.05, 0) is 12.5 Å². The van der Waals surface area contributed by atoms with Crippen LogP contribution < -0.4 is 5.32 Å². The highest BCUT2D eigenvalue weighted by Crippen LogP contribution is 2.17. The SMILES string of the molecule is Cc1csc(NC(=O)Cc2csc(Cc3ccccc3)n2)n1. The normalized spacial score (nSPS) is 10.6. The number of carbonyl (C=O) groups is 1. The minimum absolute atomic E-state index is 0.0779. The number of rotatable bonds is 5. The topological polar surface area (TPSA) is 54.9 Å². The third kappa shape index (κ3) is 3.99. The van der Waals surface area contributed by atoms with Gasteiger partial charge in [0, 0.05) is 17.2 Å². The van der Waals surface area contributed by atoms with Crippen LogP contribution in [0.15, 0.2) is 41.1 Å². The van der Waals surface area contributed by atoms with Crippen molar-refractivity contribution in [3.8, 4) is 0 Å². The summed E-state index contributed by atoms with van der Waals surface area (Å²) in [5.41, 5.74) is 2.95. The molecule has 0 spiro atoms. The lowest BCUT2D eigenvalue weighted by molar-refractivity contribution is -0.115. The third-order valence-electron chi connectivity index (χ3n) is 3.00. The summed E-state index contributed by atoms with van der Waals surface area (Å²) >= 11 is 3.03. The number of aromatic nitrogens is 2. The van der Waals surface area contributed by atoms with Crippen LogP contribution in [0.25, 0.3) is 0 Å². The number of nitrogens with zero attached hydrogens (tertiary/aromatic N) is 2. The van der Waals surface area contributed by atoms with E-state index in [0.29, 0.717) is 5.13 Å². The van der Waals surface area contributed by atoms with Crippen LogP contribution in [0.3, 0.4) is 0 Å². The maximum absolute atomic E-state index is 12.0. The van der Waals surface area contributed by atoms with E-state index in [1.165, 1.54) is 16.9 Å². The highest BCUT2D eigenvalue weighted by atomic mass is 32.1. The van der Waals surface area contributed by atoms with Crippen molar-refractivity contribution < 1.29 is 4.79 Å². The lowest BCUT2D eigenvalue weighted by atomic mass is 10.2. The van der Waals surface area contributed by atoms with Gasteiger partial charge in [-0.2, -0.15) is 0 Å². The Kier molecular flexibility index (Phi) is 4.60. The summed E-state index contributed by atoms with van der Waals surface area (Å²) in [5.74, 6) is -0.0779. The first kappa shape index (κ1) is 14.9. The first-order valence-electron chi connectivity index (χ1n) is 6.88. The Balaban J connectivity index is 1.58. The zero-order valence-electron chi connectivity index (χ0n) is 12.1. The van der Waals surface area contributed by atoms with Crippen LogP contribution in [0.4, 0.5) is 5.13 Å². The summed E-state index contributed by atoms with van der Waals surface area (Å²) in [6, 6.07) is 10.2. The van der Waals surface area contributed by atoms with Gasteiger partial charge in [0.1, 0.15) is 0 Å². The van der Waals surface area contributed by atoms with E-state index in [2.05, 4.69) is 27.4 Å². The molecule has 6 heteroatoms. The van der Waals surface area contributed by atoms with E-state index in [9.17, 15) is 4.79 Å². The molecule has 0 saturated heterocycles. The highest BCUT2D eigenvalue weighted by Gasteiger charge is 2.10. The smallest absolute Gasteiger partial charge is 0.232 e. The van der Waals surface area contributed by atoms with Crippen molar-refractivity contribution in [3.05, 3.63) is 63.1 Å². The molecule has 1 aromatic carbocycles. The molecule has 1 N–H and O–H groups in total. The largest absolute Gasteiger partial charge is 0.302 e. The molecule has 0 fully saturated rings. The van der Waals surface area contributed by atoms with Crippen molar-refractivity contribution >= 4 is 33.7 Å². The van der Waals surface area contributed by atoms with Gasteiger partial charge in [-0.1, -0.05) is 30.3 Å². The zero-order valence-corrected chi connectivity index (χ0v) is 13.7. The Hall–Kier alpha value is -2.05. The standard InChI is InChI=1S/C16H15N3OS2/c1-11-9-22-16(17-11)19-14(20)8-13-10-21-15(18-13)7-12-5-3-2-4-6-12/h2-6,9-10H,7-8H2,1H3,(H,17,19,20). The molecule has 0 aliphatic carbocycles. The summed E-state index contributed by atoms with van der Waals surface area (Å²) in [5, 5.41) is 8.33. The van der Waals surface area contributed by atoms with Crippen molar-refractivity contribution in [2.24, 2.45) is 0 Å². The number of amides is 1. The predicted octanol–water partition coefficient (Wildman–Crippen LogP) is 3.68. The van der Waals surface area contributed by atoms with Gasteiger partial charge in [0.2, 0.25) is 5.91 Å². The van der Waals surface area contributed by atoms with Crippen molar-refractivity contribution in [3.63, 3.8) is 0 Å².